The van der Waals surface area contributed by atoms with E-state index in [0.717, 1.165) is 29.7 Å². The van der Waals surface area contributed by atoms with Crippen molar-refractivity contribution in [1.82, 2.24) is 9.97 Å². The first kappa shape index (κ1) is 15.8. The van der Waals surface area contributed by atoms with Crippen LogP contribution in [-0.2, 0) is 0 Å². The average molecular weight is 316 g/mol. The number of fused-ring (bicyclic) bond motifs is 1. The van der Waals surface area contributed by atoms with Gasteiger partial charge in [-0.05, 0) is 49.8 Å². The van der Waals surface area contributed by atoms with Crippen molar-refractivity contribution in [3.05, 3.63) is 59.9 Å². The van der Waals surface area contributed by atoms with Gasteiger partial charge in [-0.2, -0.15) is 5.26 Å². The highest BCUT2D eigenvalue weighted by Crippen LogP contribution is 2.21. The summed E-state index contributed by atoms with van der Waals surface area (Å²) in [5.41, 5.74) is 4.51. The molecule has 4 heteroatoms. The van der Waals surface area contributed by atoms with E-state index in [4.69, 9.17) is 0 Å². The minimum absolute atomic E-state index is 0.529. The number of rotatable bonds is 5. The van der Waals surface area contributed by atoms with Gasteiger partial charge in [0, 0.05) is 18.8 Å². The van der Waals surface area contributed by atoms with Crippen molar-refractivity contribution < 1.29 is 0 Å². The molecule has 4 nitrogen and oxygen atoms in total. The first-order valence-electron chi connectivity index (χ1n) is 8.17. The molecule has 1 heterocycles. The molecule has 0 saturated heterocycles. The quantitative estimate of drug-likeness (QED) is 0.706. The average Bonchev–Trinajstić information content (AvgIpc) is 3.06. The summed E-state index contributed by atoms with van der Waals surface area (Å²) in [6.45, 7) is 6.25. The molecule has 1 aromatic heterocycles. The summed E-state index contributed by atoms with van der Waals surface area (Å²) < 4.78 is 0. The molecule has 3 aromatic rings. The molecule has 0 fully saturated rings. The van der Waals surface area contributed by atoms with Gasteiger partial charge in [-0.25, -0.2) is 4.98 Å². The number of benzene rings is 2. The number of hydrogen-bond acceptors (Lipinski definition) is 3. The van der Waals surface area contributed by atoms with Crippen molar-refractivity contribution in [3.63, 3.8) is 0 Å². The molecular formula is C20H20N4. The summed E-state index contributed by atoms with van der Waals surface area (Å²) in [6, 6.07) is 18.3. The van der Waals surface area contributed by atoms with Gasteiger partial charge in [-0.15, -0.1) is 0 Å². The lowest BCUT2D eigenvalue weighted by molar-refractivity contribution is 0.866. The Balaban J connectivity index is 1.91. The molecule has 0 bridgehead atoms. The topological polar surface area (TPSA) is 55.7 Å². The van der Waals surface area contributed by atoms with E-state index < -0.39 is 0 Å². The standard InChI is InChI=1S/C20H20N4/c1-3-24(4-2)17-11-9-15(10-12-17)13-16(14-21)20-22-18-7-5-6-8-19(18)23-20/h5-13H,3-4H2,1-2H3,(H,22,23)/b16-13+. The number of aromatic nitrogens is 2. The monoisotopic (exact) mass is 316 g/mol. The van der Waals surface area contributed by atoms with Crippen molar-refractivity contribution in [1.29, 1.82) is 5.26 Å². The number of aromatic amines is 1. The molecule has 120 valence electrons. The van der Waals surface area contributed by atoms with Crippen molar-refractivity contribution >= 4 is 28.4 Å². The van der Waals surface area contributed by atoms with Crippen LogP contribution >= 0.6 is 0 Å². The van der Waals surface area contributed by atoms with Crippen LogP contribution in [0.4, 0.5) is 5.69 Å². The van der Waals surface area contributed by atoms with Gasteiger partial charge >= 0.3 is 0 Å². The highest BCUT2D eigenvalue weighted by atomic mass is 15.1. The number of para-hydroxylation sites is 2. The Morgan fingerprint density at radius 3 is 2.46 bits per heavy atom. The molecule has 1 N–H and O–H groups in total. The van der Waals surface area contributed by atoms with Crippen molar-refractivity contribution in [3.8, 4) is 6.07 Å². The number of imidazole rings is 1. The molecule has 0 aliphatic carbocycles. The number of nitrogens with one attached hydrogen (secondary N) is 1. The zero-order chi connectivity index (χ0) is 16.9. The Labute approximate surface area is 142 Å². The summed E-state index contributed by atoms with van der Waals surface area (Å²) in [5.74, 6) is 0.603. The van der Waals surface area contributed by atoms with Gasteiger partial charge in [0.2, 0.25) is 0 Å². The van der Waals surface area contributed by atoms with E-state index in [-0.39, 0.29) is 0 Å². The predicted molar refractivity (Wildman–Crippen MR) is 99.6 cm³/mol. The summed E-state index contributed by atoms with van der Waals surface area (Å²) in [7, 11) is 0. The molecule has 0 saturated carbocycles. The Bertz CT molecular complexity index is 860. The molecule has 24 heavy (non-hydrogen) atoms. The van der Waals surface area contributed by atoms with Crippen LogP contribution in [0.2, 0.25) is 0 Å². The molecule has 0 unspecified atom stereocenters. The van der Waals surface area contributed by atoms with E-state index in [0.29, 0.717) is 11.4 Å². The lowest BCUT2D eigenvalue weighted by Gasteiger charge is -2.20. The van der Waals surface area contributed by atoms with Crippen LogP contribution in [0.5, 0.6) is 0 Å². The fraction of sp³-hybridized carbons (Fsp3) is 0.200. The molecule has 2 aromatic carbocycles. The minimum Gasteiger partial charge on any atom is -0.372 e. The lowest BCUT2D eigenvalue weighted by atomic mass is 10.1. The second-order valence-corrected chi connectivity index (χ2v) is 5.54. The largest absolute Gasteiger partial charge is 0.372 e. The van der Waals surface area contributed by atoms with Crippen LogP contribution in [-0.4, -0.2) is 23.1 Å². The number of nitrogens with zero attached hydrogens (tertiary/aromatic N) is 3. The second kappa shape index (κ2) is 7.01. The van der Waals surface area contributed by atoms with Gasteiger partial charge in [0.1, 0.15) is 11.9 Å². The smallest absolute Gasteiger partial charge is 0.149 e. The van der Waals surface area contributed by atoms with Crippen molar-refractivity contribution in [2.75, 3.05) is 18.0 Å². The third-order valence-electron chi connectivity index (χ3n) is 4.10. The molecule has 0 spiro atoms. The van der Waals surface area contributed by atoms with E-state index in [1.165, 1.54) is 5.69 Å². The first-order valence-corrected chi connectivity index (χ1v) is 8.17. The van der Waals surface area contributed by atoms with Gasteiger partial charge < -0.3 is 9.88 Å². The van der Waals surface area contributed by atoms with Crippen molar-refractivity contribution in [2.45, 2.75) is 13.8 Å². The first-order chi connectivity index (χ1) is 11.7. The van der Waals surface area contributed by atoms with Gasteiger partial charge in [-0.3, -0.25) is 0 Å². The molecule has 0 radical (unpaired) electrons. The third kappa shape index (κ3) is 3.16. The van der Waals surface area contributed by atoms with E-state index >= 15 is 0 Å². The zero-order valence-corrected chi connectivity index (χ0v) is 14.0. The van der Waals surface area contributed by atoms with E-state index in [1.807, 2.05) is 42.5 Å². The second-order valence-electron chi connectivity index (χ2n) is 5.54. The Kier molecular flexibility index (Phi) is 4.62. The normalized spacial score (nSPS) is 11.5. The Morgan fingerprint density at radius 1 is 1.12 bits per heavy atom. The van der Waals surface area contributed by atoms with Gasteiger partial charge in [0.25, 0.3) is 0 Å². The summed E-state index contributed by atoms with van der Waals surface area (Å²) in [5, 5.41) is 9.50. The van der Waals surface area contributed by atoms with Crippen LogP contribution < -0.4 is 4.90 Å². The number of nitriles is 1. The molecule has 3 rings (SSSR count). The lowest BCUT2D eigenvalue weighted by Crippen LogP contribution is -2.21. The molecular weight excluding hydrogens is 296 g/mol. The Hall–Kier alpha value is -3.06. The maximum absolute atomic E-state index is 9.50. The number of hydrogen-bond donors (Lipinski definition) is 1. The zero-order valence-electron chi connectivity index (χ0n) is 14.0. The van der Waals surface area contributed by atoms with Crippen LogP contribution in [0.25, 0.3) is 22.7 Å². The number of allylic oxidation sites excluding steroid dienone is 1. The molecule has 0 amide bonds. The SMILES string of the molecule is CCN(CC)c1ccc(/C=C(\C#N)c2nc3ccccc3[nH]2)cc1. The molecule has 0 aliphatic heterocycles. The Morgan fingerprint density at radius 2 is 1.83 bits per heavy atom. The van der Waals surface area contributed by atoms with Gasteiger partial charge in [0.05, 0.1) is 16.6 Å². The summed E-state index contributed by atoms with van der Waals surface area (Å²) in [6.07, 6.45) is 1.86. The third-order valence-corrected chi connectivity index (χ3v) is 4.10. The maximum atomic E-state index is 9.50. The van der Waals surface area contributed by atoms with Gasteiger partial charge in [-0.1, -0.05) is 24.3 Å². The fourth-order valence-electron chi connectivity index (χ4n) is 2.77. The molecule has 0 aliphatic rings. The van der Waals surface area contributed by atoms with Crippen LogP contribution in [0.15, 0.2) is 48.5 Å². The maximum Gasteiger partial charge on any atom is 0.149 e. The van der Waals surface area contributed by atoms with E-state index in [9.17, 15) is 5.26 Å². The highest BCUT2D eigenvalue weighted by Gasteiger charge is 2.08. The van der Waals surface area contributed by atoms with Crippen LogP contribution in [0.3, 0.4) is 0 Å². The minimum atomic E-state index is 0.529. The van der Waals surface area contributed by atoms with E-state index in [2.05, 4.69) is 46.9 Å². The fourth-order valence-corrected chi connectivity index (χ4v) is 2.77. The number of H-pyrrole nitrogens is 1. The summed E-state index contributed by atoms with van der Waals surface area (Å²) in [4.78, 5) is 9.99. The van der Waals surface area contributed by atoms with E-state index in [1.54, 1.807) is 0 Å². The van der Waals surface area contributed by atoms with Gasteiger partial charge in [0.15, 0.2) is 0 Å². The van der Waals surface area contributed by atoms with Crippen LogP contribution in [0.1, 0.15) is 25.2 Å². The van der Waals surface area contributed by atoms with Crippen LogP contribution in [0, 0.1) is 11.3 Å². The highest BCUT2D eigenvalue weighted by molar-refractivity contribution is 5.90. The summed E-state index contributed by atoms with van der Waals surface area (Å²) >= 11 is 0. The number of anilines is 1. The molecule has 0 atom stereocenters. The predicted octanol–water partition coefficient (Wildman–Crippen LogP) is 4.47. The van der Waals surface area contributed by atoms with Crippen molar-refractivity contribution in [2.24, 2.45) is 0 Å².